The second-order valence-corrected chi connectivity index (χ2v) is 8.54. The molecule has 2 heterocycles. The second-order valence-electron chi connectivity index (χ2n) is 6.60. The van der Waals surface area contributed by atoms with Crippen LogP contribution in [0.4, 0.5) is 4.39 Å². The molecule has 10 heteroatoms. The Kier molecular flexibility index (Phi) is 7.32. The maximum atomic E-state index is 13.1. The van der Waals surface area contributed by atoms with Crippen molar-refractivity contribution in [1.82, 2.24) is 19.8 Å². The monoisotopic (exact) mass is 418 g/mol. The minimum atomic E-state index is -3.67. The van der Waals surface area contributed by atoms with Gasteiger partial charge in [-0.05, 0) is 51.1 Å². The van der Waals surface area contributed by atoms with E-state index in [-0.39, 0.29) is 35.8 Å². The van der Waals surface area contributed by atoms with Crippen LogP contribution in [-0.2, 0) is 16.4 Å². The van der Waals surface area contributed by atoms with Crippen molar-refractivity contribution in [3.05, 3.63) is 41.8 Å². The van der Waals surface area contributed by atoms with E-state index in [1.807, 2.05) is 14.0 Å². The molecule has 2 aromatic rings. The zero-order valence-electron chi connectivity index (χ0n) is 15.3. The van der Waals surface area contributed by atoms with Gasteiger partial charge in [0.05, 0.1) is 10.8 Å². The van der Waals surface area contributed by atoms with Gasteiger partial charge in [0.15, 0.2) is 5.82 Å². The summed E-state index contributed by atoms with van der Waals surface area (Å²) in [5.74, 6) is 0.488. The van der Waals surface area contributed by atoms with Crippen molar-refractivity contribution in [3.63, 3.8) is 0 Å². The van der Waals surface area contributed by atoms with Gasteiger partial charge in [-0.1, -0.05) is 5.16 Å². The van der Waals surface area contributed by atoms with Gasteiger partial charge in [0.25, 0.3) is 0 Å². The molecule has 1 aromatic heterocycles. The highest BCUT2D eigenvalue weighted by Gasteiger charge is 2.33. The molecule has 1 aliphatic heterocycles. The Balaban J connectivity index is 0.00000261. The van der Waals surface area contributed by atoms with Crippen molar-refractivity contribution in [2.24, 2.45) is 0 Å². The van der Waals surface area contributed by atoms with Crippen LogP contribution < -0.4 is 5.32 Å². The first kappa shape index (κ1) is 21.7. The molecule has 3 rings (SSSR count). The fourth-order valence-corrected chi connectivity index (χ4v) is 4.53. The highest BCUT2D eigenvalue weighted by molar-refractivity contribution is 7.89. The number of halogens is 2. The van der Waals surface area contributed by atoms with Crippen LogP contribution >= 0.6 is 12.4 Å². The standard InChI is InChI=1S/C17H23FN4O3S.ClH/c1-12(19-2)10-16-20-17(25-21-16)13-4-3-9-22(11-13)26(23,24)15-7-5-14(18)6-8-15;/h5-8,12-13,19H,3-4,9-11H2,1-2H3;1H. The molecule has 0 aliphatic carbocycles. The third kappa shape index (κ3) is 5.04. The average molecular weight is 419 g/mol. The Labute approximate surface area is 164 Å². The molecule has 2 atom stereocenters. The molecule has 0 spiro atoms. The first-order chi connectivity index (χ1) is 12.4. The maximum Gasteiger partial charge on any atom is 0.243 e. The van der Waals surface area contributed by atoms with Crippen molar-refractivity contribution in [1.29, 1.82) is 0 Å². The van der Waals surface area contributed by atoms with E-state index in [0.717, 1.165) is 18.6 Å². The molecule has 0 saturated carbocycles. The minimum Gasteiger partial charge on any atom is -0.339 e. The number of nitrogens with one attached hydrogen (secondary N) is 1. The van der Waals surface area contributed by atoms with E-state index in [9.17, 15) is 12.8 Å². The van der Waals surface area contributed by atoms with E-state index in [1.165, 1.54) is 16.4 Å². The zero-order chi connectivity index (χ0) is 18.7. The lowest BCUT2D eigenvalue weighted by molar-refractivity contribution is 0.265. The Morgan fingerprint density at radius 1 is 1.37 bits per heavy atom. The van der Waals surface area contributed by atoms with Crippen molar-refractivity contribution < 1.29 is 17.3 Å². The number of aromatic nitrogens is 2. The lowest BCUT2D eigenvalue weighted by Crippen LogP contribution is -2.39. The number of likely N-dealkylation sites (N-methyl/N-ethyl adjacent to an activating group) is 1. The molecule has 1 saturated heterocycles. The van der Waals surface area contributed by atoms with Crippen LogP contribution in [0, 0.1) is 5.82 Å². The van der Waals surface area contributed by atoms with Crippen LogP contribution in [0.25, 0.3) is 0 Å². The topological polar surface area (TPSA) is 88.3 Å². The SMILES string of the molecule is CNC(C)Cc1noc(C2CCCN(S(=O)(=O)c3ccc(F)cc3)C2)n1.Cl. The summed E-state index contributed by atoms with van der Waals surface area (Å²) in [4.78, 5) is 4.53. The van der Waals surface area contributed by atoms with Crippen LogP contribution in [0.1, 0.15) is 37.4 Å². The summed E-state index contributed by atoms with van der Waals surface area (Å²) < 4.78 is 45.4. The summed E-state index contributed by atoms with van der Waals surface area (Å²) in [6, 6.07) is 5.11. The number of sulfonamides is 1. The Morgan fingerprint density at radius 2 is 2.07 bits per heavy atom. The zero-order valence-corrected chi connectivity index (χ0v) is 16.9. The lowest BCUT2D eigenvalue weighted by Gasteiger charge is -2.30. The van der Waals surface area contributed by atoms with Gasteiger partial charge >= 0.3 is 0 Å². The van der Waals surface area contributed by atoms with Gasteiger partial charge in [0.1, 0.15) is 5.82 Å². The molecule has 2 unspecified atom stereocenters. The molecule has 27 heavy (non-hydrogen) atoms. The molecular formula is C17H24ClFN4O3S. The lowest BCUT2D eigenvalue weighted by atomic mass is 10.00. The van der Waals surface area contributed by atoms with Gasteiger partial charge in [0.2, 0.25) is 15.9 Å². The Morgan fingerprint density at radius 3 is 2.74 bits per heavy atom. The van der Waals surface area contributed by atoms with Gasteiger partial charge in [-0.3, -0.25) is 0 Å². The van der Waals surface area contributed by atoms with Gasteiger partial charge in [-0.25, -0.2) is 12.8 Å². The third-order valence-corrected chi connectivity index (χ3v) is 6.53. The average Bonchev–Trinajstić information content (AvgIpc) is 3.10. The van der Waals surface area contributed by atoms with Gasteiger partial charge in [-0.2, -0.15) is 9.29 Å². The van der Waals surface area contributed by atoms with Crippen molar-refractivity contribution in [2.45, 2.75) is 43.0 Å². The summed E-state index contributed by atoms with van der Waals surface area (Å²) in [5.41, 5.74) is 0. The summed E-state index contributed by atoms with van der Waals surface area (Å²) in [7, 11) is -1.80. The highest BCUT2D eigenvalue weighted by Crippen LogP contribution is 2.29. The second kappa shape index (κ2) is 9.09. The van der Waals surface area contributed by atoms with Gasteiger partial charge < -0.3 is 9.84 Å². The van der Waals surface area contributed by atoms with Gasteiger partial charge in [0, 0.05) is 25.6 Å². The van der Waals surface area contributed by atoms with E-state index in [4.69, 9.17) is 4.52 Å². The van der Waals surface area contributed by atoms with Crippen LogP contribution in [0.2, 0.25) is 0 Å². The van der Waals surface area contributed by atoms with Gasteiger partial charge in [-0.15, -0.1) is 12.4 Å². The predicted octanol–water partition coefficient (Wildman–Crippen LogP) is 2.35. The quantitative estimate of drug-likeness (QED) is 0.774. The molecular weight excluding hydrogens is 395 g/mol. The van der Waals surface area contributed by atoms with E-state index < -0.39 is 15.8 Å². The van der Waals surface area contributed by atoms with Crippen LogP contribution in [0.5, 0.6) is 0 Å². The molecule has 1 aliphatic rings. The summed E-state index contributed by atoms with van der Waals surface area (Å²) >= 11 is 0. The van der Waals surface area contributed by atoms with E-state index >= 15 is 0 Å². The number of hydrogen-bond donors (Lipinski definition) is 1. The Bertz CT molecular complexity index is 844. The fourth-order valence-electron chi connectivity index (χ4n) is 3.01. The molecule has 1 aromatic carbocycles. The molecule has 0 amide bonds. The molecule has 1 fully saturated rings. The first-order valence-electron chi connectivity index (χ1n) is 8.65. The Hall–Kier alpha value is -1.55. The molecule has 7 nitrogen and oxygen atoms in total. The van der Waals surface area contributed by atoms with Crippen LogP contribution in [0.3, 0.4) is 0 Å². The number of nitrogens with zero attached hydrogens (tertiary/aromatic N) is 3. The maximum absolute atomic E-state index is 13.1. The summed E-state index contributed by atoms with van der Waals surface area (Å²) in [5, 5.41) is 7.11. The first-order valence-corrected chi connectivity index (χ1v) is 10.1. The fraction of sp³-hybridized carbons (Fsp3) is 0.529. The highest BCUT2D eigenvalue weighted by atomic mass is 35.5. The van der Waals surface area contributed by atoms with Crippen LogP contribution in [0.15, 0.2) is 33.7 Å². The van der Waals surface area contributed by atoms with Crippen molar-refractivity contribution >= 4 is 22.4 Å². The number of benzene rings is 1. The van der Waals surface area contributed by atoms with E-state index in [1.54, 1.807) is 0 Å². The third-order valence-electron chi connectivity index (χ3n) is 4.65. The summed E-state index contributed by atoms with van der Waals surface area (Å²) in [6.07, 6.45) is 2.14. The molecule has 0 radical (unpaired) electrons. The molecule has 1 N–H and O–H groups in total. The predicted molar refractivity (Wildman–Crippen MR) is 101 cm³/mol. The number of rotatable bonds is 6. The normalized spacial score (nSPS) is 19.4. The van der Waals surface area contributed by atoms with Crippen LogP contribution in [-0.4, -0.2) is 49.0 Å². The van der Waals surface area contributed by atoms with E-state index in [0.29, 0.717) is 31.1 Å². The summed E-state index contributed by atoms with van der Waals surface area (Å²) in [6.45, 7) is 2.73. The van der Waals surface area contributed by atoms with Crippen molar-refractivity contribution in [2.75, 3.05) is 20.1 Å². The number of piperidine rings is 1. The smallest absolute Gasteiger partial charge is 0.243 e. The van der Waals surface area contributed by atoms with E-state index in [2.05, 4.69) is 15.5 Å². The largest absolute Gasteiger partial charge is 0.339 e. The molecule has 150 valence electrons. The minimum absolute atomic E-state index is 0. The number of hydrogen-bond acceptors (Lipinski definition) is 6. The molecule has 0 bridgehead atoms. The van der Waals surface area contributed by atoms with Crippen molar-refractivity contribution in [3.8, 4) is 0 Å².